The van der Waals surface area contributed by atoms with Gasteiger partial charge in [-0.3, -0.25) is 0 Å². The van der Waals surface area contributed by atoms with Gasteiger partial charge < -0.3 is 0 Å². The van der Waals surface area contributed by atoms with Crippen molar-refractivity contribution in [2.24, 2.45) is 0 Å². The fourth-order valence-corrected chi connectivity index (χ4v) is 2.11. The zero-order valence-electron chi connectivity index (χ0n) is 8.02. The minimum atomic E-state index is 1.07. The molecule has 0 aliphatic rings. The quantitative estimate of drug-likeness (QED) is 0.707. The summed E-state index contributed by atoms with van der Waals surface area (Å²) in [6.07, 6.45) is 4.48. The maximum absolute atomic E-state index is 2.33. The topological polar surface area (TPSA) is 0 Å². The van der Waals surface area contributed by atoms with Gasteiger partial charge >= 0.3 is 0 Å². The Balaban J connectivity index is 1.79. The summed E-state index contributed by atoms with van der Waals surface area (Å²) in [7, 11) is 0. The van der Waals surface area contributed by atoms with Crippen molar-refractivity contribution in [3.05, 3.63) is 64.7 Å². The molecule has 2 rings (SSSR count). The van der Waals surface area contributed by atoms with E-state index in [-0.39, 0.29) is 0 Å². The first-order chi connectivity index (χ1) is 6.95. The molecule has 1 heteroatoms. The second-order valence-corrected chi connectivity index (χ2v) is 4.09. The van der Waals surface area contributed by atoms with Crippen LogP contribution >= 0.6 is 11.3 Å². The Morgan fingerprint density at radius 2 is 1.71 bits per heavy atom. The summed E-state index contributed by atoms with van der Waals surface area (Å²) in [6.45, 7) is 0. The summed E-state index contributed by atoms with van der Waals surface area (Å²) in [5.74, 6) is 0. The highest BCUT2D eigenvalue weighted by molar-refractivity contribution is 7.07. The maximum atomic E-state index is 2.33. The van der Waals surface area contributed by atoms with Gasteiger partial charge in [0.1, 0.15) is 0 Å². The number of benzene rings is 1. The van der Waals surface area contributed by atoms with Crippen LogP contribution in [0.25, 0.3) is 0 Å². The summed E-state index contributed by atoms with van der Waals surface area (Å²) in [6, 6.07) is 12.8. The SMILES string of the molecule is [CH](Cc1ccccc1)Cc1ccsc1. The molecule has 0 spiro atoms. The number of hydrogen-bond acceptors (Lipinski definition) is 1. The molecule has 0 aliphatic heterocycles. The highest BCUT2D eigenvalue weighted by Gasteiger charge is 1.95. The minimum absolute atomic E-state index is 1.07. The molecule has 1 aromatic carbocycles. The van der Waals surface area contributed by atoms with Crippen molar-refractivity contribution < 1.29 is 0 Å². The number of thiophene rings is 1. The van der Waals surface area contributed by atoms with Gasteiger partial charge in [-0.1, -0.05) is 30.3 Å². The predicted molar refractivity (Wildman–Crippen MR) is 62.5 cm³/mol. The molecule has 0 fully saturated rings. The van der Waals surface area contributed by atoms with E-state index in [9.17, 15) is 0 Å². The molecule has 0 nitrogen and oxygen atoms in total. The van der Waals surface area contributed by atoms with Crippen LogP contribution in [0.5, 0.6) is 0 Å². The Morgan fingerprint density at radius 3 is 2.43 bits per heavy atom. The van der Waals surface area contributed by atoms with Crippen molar-refractivity contribution in [2.45, 2.75) is 12.8 Å². The van der Waals surface area contributed by atoms with Crippen molar-refractivity contribution >= 4 is 11.3 Å². The third-order valence-electron chi connectivity index (χ3n) is 2.18. The molecule has 0 atom stereocenters. The van der Waals surface area contributed by atoms with Crippen LogP contribution in [0.2, 0.25) is 0 Å². The van der Waals surface area contributed by atoms with Crippen LogP contribution in [-0.2, 0) is 12.8 Å². The molecule has 0 N–H and O–H groups in total. The van der Waals surface area contributed by atoms with Gasteiger partial charge in [0.05, 0.1) is 0 Å². The van der Waals surface area contributed by atoms with Crippen LogP contribution in [-0.4, -0.2) is 0 Å². The normalized spacial score (nSPS) is 10.3. The predicted octanol–water partition coefficient (Wildman–Crippen LogP) is 3.74. The molecule has 0 saturated heterocycles. The highest BCUT2D eigenvalue weighted by atomic mass is 32.1. The van der Waals surface area contributed by atoms with Crippen molar-refractivity contribution in [3.63, 3.8) is 0 Å². The Morgan fingerprint density at radius 1 is 0.929 bits per heavy atom. The molecule has 71 valence electrons. The van der Waals surface area contributed by atoms with Gasteiger partial charge in [0.2, 0.25) is 0 Å². The van der Waals surface area contributed by atoms with Gasteiger partial charge in [-0.2, -0.15) is 11.3 Å². The van der Waals surface area contributed by atoms with Gasteiger partial charge in [-0.15, -0.1) is 0 Å². The van der Waals surface area contributed by atoms with E-state index in [1.54, 1.807) is 11.3 Å². The Bertz CT molecular complexity index is 348. The van der Waals surface area contributed by atoms with E-state index in [2.05, 4.69) is 53.6 Å². The first-order valence-electron chi connectivity index (χ1n) is 4.82. The molecule has 1 aromatic heterocycles. The van der Waals surface area contributed by atoms with E-state index in [4.69, 9.17) is 0 Å². The van der Waals surface area contributed by atoms with E-state index in [1.165, 1.54) is 11.1 Å². The van der Waals surface area contributed by atoms with Crippen molar-refractivity contribution in [1.29, 1.82) is 0 Å². The van der Waals surface area contributed by atoms with Crippen LogP contribution < -0.4 is 0 Å². The fraction of sp³-hybridized carbons (Fsp3) is 0.154. The Labute approximate surface area is 89.2 Å². The average Bonchev–Trinajstić information content (AvgIpc) is 2.72. The first kappa shape index (κ1) is 9.47. The lowest BCUT2D eigenvalue weighted by molar-refractivity contribution is 1.03. The lowest BCUT2D eigenvalue weighted by Gasteiger charge is -1.99. The Hall–Kier alpha value is -1.08. The lowest BCUT2D eigenvalue weighted by Crippen LogP contribution is -1.88. The Kier molecular flexibility index (Phi) is 3.36. The third-order valence-corrected chi connectivity index (χ3v) is 2.92. The molecular weight excluding hydrogens is 188 g/mol. The van der Waals surface area contributed by atoms with Crippen LogP contribution in [0.3, 0.4) is 0 Å². The molecule has 1 radical (unpaired) electrons. The molecule has 2 aromatic rings. The first-order valence-corrected chi connectivity index (χ1v) is 5.76. The summed E-state index contributed by atoms with van der Waals surface area (Å²) in [5, 5.41) is 4.34. The smallest absolute Gasteiger partial charge is 0.00612 e. The maximum Gasteiger partial charge on any atom is -0.00612 e. The van der Waals surface area contributed by atoms with Crippen LogP contribution in [0.15, 0.2) is 47.2 Å². The number of hydrogen-bond donors (Lipinski definition) is 0. The second kappa shape index (κ2) is 4.97. The molecule has 0 amide bonds. The summed E-state index contributed by atoms with van der Waals surface area (Å²) in [4.78, 5) is 0. The van der Waals surface area contributed by atoms with E-state index in [0.717, 1.165) is 12.8 Å². The van der Waals surface area contributed by atoms with Gasteiger partial charge in [0.25, 0.3) is 0 Å². The summed E-state index contributed by atoms with van der Waals surface area (Å²) >= 11 is 1.77. The van der Waals surface area contributed by atoms with Crippen molar-refractivity contribution in [1.82, 2.24) is 0 Å². The van der Waals surface area contributed by atoms with Crippen LogP contribution in [0, 0.1) is 6.42 Å². The van der Waals surface area contributed by atoms with Gasteiger partial charge in [0.15, 0.2) is 0 Å². The van der Waals surface area contributed by atoms with Crippen molar-refractivity contribution in [3.8, 4) is 0 Å². The van der Waals surface area contributed by atoms with Crippen LogP contribution in [0.1, 0.15) is 11.1 Å². The van der Waals surface area contributed by atoms with Crippen LogP contribution in [0.4, 0.5) is 0 Å². The standard InChI is InChI=1S/C13H13S/c1-2-5-12(6-3-1)7-4-8-13-9-10-14-11-13/h1-6,9-11H,7-8H2. The highest BCUT2D eigenvalue weighted by Crippen LogP contribution is 2.10. The van der Waals surface area contributed by atoms with Crippen molar-refractivity contribution in [2.75, 3.05) is 0 Å². The average molecular weight is 201 g/mol. The zero-order chi connectivity index (χ0) is 9.64. The minimum Gasteiger partial charge on any atom is -0.152 e. The largest absolute Gasteiger partial charge is 0.152 e. The van der Waals surface area contributed by atoms with E-state index in [1.807, 2.05) is 0 Å². The van der Waals surface area contributed by atoms with E-state index >= 15 is 0 Å². The second-order valence-electron chi connectivity index (χ2n) is 3.31. The molecular formula is C13H13S. The zero-order valence-corrected chi connectivity index (χ0v) is 8.84. The fourth-order valence-electron chi connectivity index (χ4n) is 1.43. The molecule has 0 saturated carbocycles. The summed E-state index contributed by atoms with van der Waals surface area (Å²) in [5.41, 5.74) is 2.81. The molecule has 0 unspecified atom stereocenters. The number of rotatable bonds is 4. The third kappa shape index (κ3) is 2.71. The van der Waals surface area contributed by atoms with Gasteiger partial charge in [0, 0.05) is 0 Å². The molecule has 0 aliphatic carbocycles. The molecule has 1 heterocycles. The monoisotopic (exact) mass is 201 g/mol. The lowest BCUT2D eigenvalue weighted by atomic mass is 10.1. The molecule has 14 heavy (non-hydrogen) atoms. The summed E-state index contributed by atoms with van der Waals surface area (Å²) < 4.78 is 0. The van der Waals surface area contributed by atoms with E-state index in [0.29, 0.717) is 0 Å². The van der Waals surface area contributed by atoms with Gasteiger partial charge in [-0.25, -0.2) is 0 Å². The molecule has 0 bridgehead atoms. The van der Waals surface area contributed by atoms with E-state index < -0.39 is 0 Å². The van der Waals surface area contributed by atoms with Gasteiger partial charge in [-0.05, 0) is 47.2 Å².